The zero-order valence-corrected chi connectivity index (χ0v) is 15.4. The zero-order valence-electron chi connectivity index (χ0n) is 14.6. The smallest absolute Gasteiger partial charge is 0.275 e. The van der Waals surface area contributed by atoms with Crippen LogP contribution in [-0.4, -0.2) is 17.2 Å². The molecule has 0 heterocycles. The predicted molar refractivity (Wildman–Crippen MR) is 105 cm³/mol. The number of carbonyl (C=O) groups excluding carboxylic acids is 1. The molecule has 0 fully saturated rings. The molecule has 0 aromatic heterocycles. The van der Waals surface area contributed by atoms with Crippen molar-refractivity contribution in [1.82, 2.24) is 5.43 Å². The SMILES string of the molecule is O=C(N/N=C\c1ccc(OCc2c(F)cccc2Cl)cc1)c1ccccc1O. The minimum atomic E-state index is -0.518. The molecule has 0 radical (unpaired) electrons. The second-order valence-corrected chi connectivity index (χ2v) is 6.18. The molecular weight excluding hydrogens is 383 g/mol. The number of hydrazone groups is 1. The highest BCUT2D eigenvalue weighted by Crippen LogP contribution is 2.21. The molecule has 0 aliphatic heterocycles. The molecule has 0 atom stereocenters. The molecule has 0 saturated heterocycles. The van der Waals surface area contributed by atoms with Crippen molar-refractivity contribution in [2.75, 3.05) is 0 Å². The molecule has 0 bridgehead atoms. The van der Waals surface area contributed by atoms with Gasteiger partial charge in [-0.3, -0.25) is 4.79 Å². The van der Waals surface area contributed by atoms with Crippen molar-refractivity contribution in [3.05, 3.63) is 94.3 Å². The van der Waals surface area contributed by atoms with Gasteiger partial charge in [0.15, 0.2) is 0 Å². The van der Waals surface area contributed by atoms with Crippen LogP contribution in [0.4, 0.5) is 4.39 Å². The molecular formula is C21H16ClFN2O3. The van der Waals surface area contributed by atoms with Crippen LogP contribution < -0.4 is 10.2 Å². The Labute approximate surface area is 166 Å². The van der Waals surface area contributed by atoms with Crippen LogP contribution in [0.2, 0.25) is 5.02 Å². The lowest BCUT2D eigenvalue weighted by molar-refractivity contribution is 0.0952. The summed E-state index contributed by atoms with van der Waals surface area (Å²) in [5, 5.41) is 13.8. The fourth-order valence-electron chi connectivity index (χ4n) is 2.37. The van der Waals surface area contributed by atoms with Crippen molar-refractivity contribution in [1.29, 1.82) is 0 Å². The van der Waals surface area contributed by atoms with E-state index >= 15 is 0 Å². The average molecular weight is 399 g/mol. The number of hydrogen-bond acceptors (Lipinski definition) is 4. The number of para-hydroxylation sites is 1. The molecule has 3 aromatic rings. The first kappa shape index (κ1) is 19.4. The van der Waals surface area contributed by atoms with E-state index < -0.39 is 11.7 Å². The van der Waals surface area contributed by atoms with Crippen molar-refractivity contribution < 1.29 is 19.0 Å². The Balaban J connectivity index is 1.56. The number of halogens is 2. The number of nitrogens with one attached hydrogen (secondary N) is 1. The summed E-state index contributed by atoms with van der Waals surface area (Å²) in [4.78, 5) is 11.9. The highest BCUT2D eigenvalue weighted by molar-refractivity contribution is 6.31. The molecule has 0 unspecified atom stereocenters. The first-order chi connectivity index (χ1) is 13.5. The Morgan fingerprint density at radius 1 is 1.11 bits per heavy atom. The van der Waals surface area contributed by atoms with Crippen LogP contribution in [-0.2, 0) is 6.61 Å². The van der Waals surface area contributed by atoms with Crippen molar-refractivity contribution in [2.45, 2.75) is 6.61 Å². The lowest BCUT2D eigenvalue weighted by Crippen LogP contribution is -2.17. The maximum absolute atomic E-state index is 13.7. The zero-order chi connectivity index (χ0) is 19.9. The molecule has 1 amide bonds. The summed E-state index contributed by atoms with van der Waals surface area (Å²) >= 11 is 5.97. The third-order valence-corrected chi connectivity index (χ3v) is 4.21. The molecule has 0 spiro atoms. The Morgan fingerprint density at radius 2 is 1.86 bits per heavy atom. The molecule has 5 nitrogen and oxygen atoms in total. The Hall–Kier alpha value is -3.38. The van der Waals surface area contributed by atoms with Gasteiger partial charge >= 0.3 is 0 Å². The lowest BCUT2D eigenvalue weighted by Gasteiger charge is -2.09. The van der Waals surface area contributed by atoms with Crippen molar-refractivity contribution in [3.63, 3.8) is 0 Å². The number of hydrogen-bond donors (Lipinski definition) is 2. The van der Waals surface area contributed by atoms with E-state index in [-0.39, 0.29) is 17.9 Å². The summed E-state index contributed by atoms with van der Waals surface area (Å²) in [7, 11) is 0. The quantitative estimate of drug-likeness (QED) is 0.473. The highest BCUT2D eigenvalue weighted by Gasteiger charge is 2.09. The number of aromatic hydroxyl groups is 1. The Bertz CT molecular complexity index is 987. The minimum absolute atomic E-state index is 0.00949. The van der Waals surface area contributed by atoms with Crippen LogP contribution >= 0.6 is 11.6 Å². The van der Waals surface area contributed by atoms with Crippen LogP contribution in [0.1, 0.15) is 21.5 Å². The monoisotopic (exact) mass is 398 g/mol. The van der Waals surface area contributed by atoms with E-state index in [0.717, 1.165) is 0 Å². The van der Waals surface area contributed by atoms with Gasteiger partial charge in [0.25, 0.3) is 5.91 Å². The number of amides is 1. The normalized spacial score (nSPS) is 10.8. The summed E-state index contributed by atoms with van der Waals surface area (Å²) in [5.41, 5.74) is 3.49. The van der Waals surface area contributed by atoms with Gasteiger partial charge in [0.05, 0.1) is 16.8 Å². The number of ether oxygens (including phenoxy) is 1. The van der Waals surface area contributed by atoms with Crippen molar-refractivity contribution in [3.8, 4) is 11.5 Å². The van der Waals surface area contributed by atoms with Gasteiger partial charge in [0, 0.05) is 5.56 Å². The van der Waals surface area contributed by atoms with Crippen LogP contribution in [0.5, 0.6) is 11.5 Å². The molecule has 0 aliphatic rings. The Morgan fingerprint density at radius 3 is 2.57 bits per heavy atom. The summed E-state index contributed by atoms with van der Waals surface area (Å²) in [6.45, 7) is 0.00949. The van der Waals surface area contributed by atoms with E-state index in [1.54, 1.807) is 42.5 Å². The fraction of sp³-hybridized carbons (Fsp3) is 0.0476. The maximum atomic E-state index is 13.7. The van der Waals surface area contributed by atoms with Crippen LogP contribution in [0.15, 0.2) is 71.8 Å². The summed E-state index contributed by atoms with van der Waals surface area (Å²) in [6, 6.07) is 17.5. The number of phenolic OH excluding ortho intramolecular Hbond substituents is 1. The van der Waals surface area contributed by atoms with Gasteiger partial charge in [-0.2, -0.15) is 5.10 Å². The van der Waals surface area contributed by atoms with Crippen LogP contribution in [0.3, 0.4) is 0 Å². The minimum Gasteiger partial charge on any atom is -0.507 e. The van der Waals surface area contributed by atoms with Gasteiger partial charge in [-0.05, 0) is 54.1 Å². The van der Waals surface area contributed by atoms with E-state index in [2.05, 4.69) is 10.5 Å². The lowest BCUT2D eigenvalue weighted by atomic mass is 10.2. The molecule has 7 heteroatoms. The van der Waals surface area contributed by atoms with Gasteiger partial charge < -0.3 is 9.84 Å². The van der Waals surface area contributed by atoms with Gasteiger partial charge in [0.2, 0.25) is 0 Å². The topological polar surface area (TPSA) is 70.9 Å². The maximum Gasteiger partial charge on any atom is 0.275 e. The number of rotatable bonds is 6. The largest absolute Gasteiger partial charge is 0.507 e. The molecule has 0 saturated carbocycles. The predicted octanol–water partition coefficient (Wildman–Crippen LogP) is 4.53. The summed E-state index contributed by atoms with van der Waals surface area (Å²) in [5.74, 6) is -0.520. The van der Waals surface area contributed by atoms with E-state index in [0.29, 0.717) is 21.9 Å². The molecule has 28 heavy (non-hydrogen) atoms. The number of benzene rings is 3. The van der Waals surface area contributed by atoms with Crippen molar-refractivity contribution in [2.24, 2.45) is 5.10 Å². The average Bonchev–Trinajstić information content (AvgIpc) is 2.69. The third-order valence-electron chi connectivity index (χ3n) is 3.85. The molecule has 2 N–H and O–H groups in total. The Kier molecular flexibility index (Phi) is 6.24. The first-order valence-corrected chi connectivity index (χ1v) is 8.69. The first-order valence-electron chi connectivity index (χ1n) is 8.32. The third kappa shape index (κ3) is 4.86. The molecule has 3 aromatic carbocycles. The number of nitrogens with zero attached hydrogens (tertiary/aromatic N) is 1. The number of carbonyl (C=O) groups is 1. The van der Waals surface area contributed by atoms with Gasteiger partial charge in [-0.15, -0.1) is 0 Å². The fourth-order valence-corrected chi connectivity index (χ4v) is 2.58. The van der Waals surface area contributed by atoms with Crippen molar-refractivity contribution >= 4 is 23.7 Å². The standard InChI is InChI=1S/C21H16ClFN2O3/c22-18-5-3-6-19(23)17(18)13-28-15-10-8-14(9-11-15)12-24-25-21(27)16-4-1-2-7-20(16)26/h1-12,26H,13H2,(H,25,27)/b24-12-. The van der Waals surface area contributed by atoms with E-state index in [4.69, 9.17) is 16.3 Å². The van der Waals surface area contributed by atoms with Crippen LogP contribution in [0.25, 0.3) is 0 Å². The van der Waals surface area contributed by atoms with Gasteiger partial charge in [-0.25, -0.2) is 9.82 Å². The van der Waals surface area contributed by atoms with E-state index in [1.165, 1.54) is 30.5 Å². The second kappa shape index (κ2) is 9.01. The summed E-state index contributed by atoms with van der Waals surface area (Å²) < 4.78 is 19.3. The molecule has 0 aliphatic carbocycles. The molecule has 3 rings (SSSR count). The second-order valence-electron chi connectivity index (χ2n) is 5.77. The van der Waals surface area contributed by atoms with Gasteiger partial charge in [-0.1, -0.05) is 29.8 Å². The van der Waals surface area contributed by atoms with E-state index in [1.807, 2.05) is 0 Å². The number of phenols is 1. The summed E-state index contributed by atoms with van der Waals surface area (Å²) in [6.07, 6.45) is 1.45. The van der Waals surface area contributed by atoms with Crippen LogP contribution in [0, 0.1) is 5.82 Å². The highest BCUT2D eigenvalue weighted by atomic mass is 35.5. The van der Waals surface area contributed by atoms with E-state index in [9.17, 15) is 14.3 Å². The molecule has 142 valence electrons. The van der Waals surface area contributed by atoms with Gasteiger partial charge in [0.1, 0.15) is 23.9 Å².